The molecule has 1 atom stereocenters. The first-order valence-corrected chi connectivity index (χ1v) is 11.6. The topological polar surface area (TPSA) is 110 Å². The number of rotatable bonds is 6. The number of carbonyl (C=O) groups is 2. The SMILES string of the molecule is Cc1ccc(S(N)(=O)=O)cc1C(=O)OC(C)C(=O)N1CCN(Cc2ccccc2)CC1. The van der Waals surface area contributed by atoms with E-state index < -0.39 is 22.1 Å². The molecule has 0 radical (unpaired) electrons. The highest BCUT2D eigenvalue weighted by atomic mass is 32.2. The molecule has 2 N–H and O–H groups in total. The zero-order valence-electron chi connectivity index (χ0n) is 17.7. The van der Waals surface area contributed by atoms with Gasteiger partial charge >= 0.3 is 5.97 Å². The molecule has 1 heterocycles. The molecule has 166 valence electrons. The zero-order valence-corrected chi connectivity index (χ0v) is 18.5. The summed E-state index contributed by atoms with van der Waals surface area (Å²) in [6.07, 6.45) is -0.981. The Bertz CT molecular complexity index is 1050. The number of carbonyl (C=O) groups excluding carboxylic acids is 2. The first-order chi connectivity index (χ1) is 14.6. The van der Waals surface area contributed by atoms with Crippen LogP contribution >= 0.6 is 0 Å². The highest BCUT2D eigenvalue weighted by molar-refractivity contribution is 7.89. The van der Waals surface area contributed by atoms with Crippen LogP contribution in [0.5, 0.6) is 0 Å². The van der Waals surface area contributed by atoms with Crippen molar-refractivity contribution in [1.29, 1.82) is 0 Å². The summed E-state index contributed by atoms with van der Waals surface area (Å²) >= 11 is 0. The first kappa shape index (κ1) is 22.9. The van der Waals surface area contributed by atoms with Crippen LogP contribution in [-0.2, 0) is 26.1 Å². The van der Waals surface area contributed by atoms with Crippen LogP contribution in [0.15, 0.2) is 53.4 Å². The van der Waals surface area contributed by atoms with Crippen molar-refractivity contribution >= 4 is 21.9 Å². The average Bonchev–Trinajstić information content (AvgIpc) is 2.74. The Morgan fingerprint density at radius 2 is 1.71 bits per heavy atom. The maximum absolute atomic E-state index is 12.8. The predicted molar refractivity (Wildman–Crippen MR) is 116 cm³/mol. The van der Waals surface area contributed by atoms with Crippen LogP contribution in [0.25, 0.3) is 0 Å². The van der Waals surface area contributed by atoms with E-state index in [1.165, 1.54) is 30.7 Å². The summed E-state index contributed by atoms with van der Waals surface area (Å²) in [6, 6.07) is 14.1. The molecule has 1 saturated heterocycles. The van der Waals surface area contributed by atoms with Crippen molar-refractivity contribution in [2.75, 3.05) is 26.2 Å². The minimum absolute atomic E-state index is 0.0684. The minimum Gasteiger partial charge on any atom is -0.449 e. The normalized spacial score (nSPS) is 16.0. The Hall–Kier alpha value is -2.75. The number of nitrogens with two attached hydrogens (primary N) is 1. The minimum atomic E-state index is -3.95. The van der Waals surface area contributed by atoms with Crippen LogP contribution in [0.3, 0.4) is 0 Å². The molecule has 0 aliphatic carbocycles. The Balaban J connectivity index is 1.57. The second-order valence-electron chi connectivity index (χ2n) is 7.66. The molecule has 2 aromatic rings. The summed E-state index contributed by atoms with van der Waals surface area (Å²) in [7, 11) is -3.95. The van der Waals surface area contributed by atoms with Gasteiger partial charge in [0.15, 0.2) is 6.10 Å². The molecule has 0 saturated carbocycles. The molecule has 1 unspecified atom stereocenters. The van der Waals surface area contributed by atoms with Gasteiger partial charge in [-0.15, -0.1) is 0 Å². The fourth-order valence-corrected chi connectivity index (χ4v) is 4.04. The Labute approximate surface area is 182 Å². The van der Waals surface area contributed by atoms with E-state index in [1.54, 1.807) is 11.8 Å². The van der Waals surface area contributed by atoms with Crippen LogP contribution < -0.4 is 5.14 Å². The lowest BCUT2D eigenvalue weighted by Crippen LogP contribution is -2.51. The van der Waals surface area contributed by atoms with Crippen molar-refractivity contribution in [3.8, 4) is 0 Å². The molecule has 3 rings (SSSR count). The van der Waals surface area contributed by atoms with E-state index in [-0.39, 0.29) is 16.4 Å². The number of ether oxygens (including phenoxy) is 1. The number of primary sulfonamides is 1. The van der Waals surface area contributed by atoms with Gasteiger partial charge in [-0.05, 0) is 37.1 Å². The molecule has 2 aromatic carbocycles. The van der Waals surface area contributed by atoms with E-state index in [9.17, 15) is 18.0 Å². The number of hydrogen-bond donors (Lipinski definition) is 1. The summed E-state index contributed by atoms with van der Waals surface area (Å²) in [5.74, 6) is -1.03. The molecule has 1 fully saturated rings. The Morgan fingerprint density at radius 1 is 1.06 bits per heavy atom. The maximum atomic E-state index is 12.8. The van der Waals surface area contributed by atoms with E-state index in [0.717, 1.165) is 19.6 Å². The first-order valence-electron chi connectivity index (χ1n) is 10.0. The molecule has 9 heteroatoms. The third-order valence-electron chi connectivity index (χ3n) is 5.32. The number of aryl methyl sites for hydroxylation is 1. The lowest BCUT2D eigenvalue weighted by Gasteiger charge is -2.35. The molecule has 1 amide bonds. The van der Waals surface area contributed by atoms with Gasteiger partial charge in [0.2, 0.25) is 10.0 Å². The van der Waals surface area contributed by atoms with Gasteiger partial charge in [0.05, 0.1) is 10.5 Å². The fraction of sp³-hybridized carbons (Fsp3) is 0.364. The molecule has 0 spiro atoms. The van der Waals surface area contributed by atoms with Crippen molar-refractivity contribution in [2.45, 2.75) is 31.4 Å². The summed E-state index contributed by atoms with van der Waals surface area (Å²) in [5.41, 5.74) is 1.83. The molecule has 8 nitrogen and oxygen atoms in total. The quantitative estimate of drug-likeness (QED) is 0.676. The van der Waals surface area contributed by atoms with Gasteiger partial charge in [-0.25, -0.2) is 18.4 Å². The fourth-order valence-electron chi connectivity index (χ4n) is 3.50. The van der Waals surface area contributed by atoms with Crippen molar-refractivity contribution in [2.24, 2.45) is 5.14 Å². The summed E-state index contributed by atoms with van der Waals surface area (Å²) < 4.78 is 28.5. The molecular weight excluding hydrogens is 418 g/mol. The summed E-state index contributed by atoms with van der Waals surface area (Å²) in [4.78, 5) is 29.1. The Morgan fingerprint density at radius 3 is 2.32 bits per heavy atom. The zero-order chi connectivity index (χ0) is 22.6. The second kappa shape index (κ2) is 9.59. The van der Waals surface area contributed by atoms with Crippen molar-refractivity contribution < 1.29 is 22.7 Å². The van der Waals surface area contributed by atoms with Gasteiger partial charge in [-0.2, -0.15) is 0 Å². The van der Waals surface area contributed by atoms with Crippen molar-refractivity contribution in [1.82, 2.24) is 9.80 Å². The number of amides is 1. The van der Waals surface area contributed by atoms with Gasteiger partial charge in [0.25, 0.3) is 5.91 Å². The number of esters is 1. The van der Waals surface area contributed by atoms with E-state index in [4.69, 9.17) is 9.88 Å². The maximum Gasteiger partial charge on any atom is 0.339 e. The van der Waals surface area contributed by atoms with Gasteiger partial charge in [0, 0.05) is 32.7 Å². The number of hydrogen-bond acceptors (Lipinski definition) is 6. The summed E-state index contributed by atoms with van der Waals surface area (Å²) in [6.45, 7) is 6.57. The highest BCUT2D eigenvalue weighted by Crippen LogP contribution is 2.17. The third-order valence-corrected chi connectivity index (χ3v) is 6.23. The monoisotopic (exact) mass is 445 g/mol. The van der Waals surface area contributed by atoms with E-state index >= 15 is 0 Å². The van der Waals surface area contributed by atoms with Gasteiger partial charge in [-0.1, -0.05) is 36.4 Å². The van der Waals surface area contributed by atoms with E-state index in [0.29, 0.717) is 18.7 Å². The predicted octanol–water partition coefficient (Wildman–Crippen LogP) is 1.53. The summed E-state index contributed by atoms with van der Waals surface area (Å²) in [5, 5.41) is 5.14. The van der Waals surface area contributed by atoms with Crippen LogP contribution in [0.4, 0.5) is 0 Å². The lowest BCUT2D eigenvalue weighted by atomic mass is 10.1. The van der Waals surface area contributed by atoms with Gasteiger partial charge in [-0.3, -0.25) is 9.69 Å². The van der Waals surface area contributed by atoms with Crippen LogP contribution in [0.1, 0.15) is 28.4 Å². The molecular formula is C22H27N3O5S. The standard InChI is InChI=1S/C22H27N3O5S/c1-16-8-9-19(31(23,28)29)14-20(16)22(27)30-17(2)21(26)25-12-10-24(11-13-25)15-18-6-4-3-5-7-18/h3-9,14,17H,10-13,15H2,1-2H3,(H2,23,28,29). The van der Waals surface area contributed by atoms with Crippen LogP contribution in [0, 0.1) is 6.92 Å². The third kappa shape index (κ3) is 5.90. The molecule has 1 aliphatic heterocycles. The molecule has 31 heavy (non-hydrogen) atoms. The van der Waals surface area contributed by atoms with Crippen LogP contribution in [0.2, 0.25) is 0 Å². The van der Waals surface area contributed by atoms with Crippen molar-refractivity contribution in [3.63, 3.8) is 0 Å². The molecule has 0 bridgehead atoms. The number of benzene rings is 2. The van der Waals surface area contributed by atoms with E-state index in [1.807, 2.05) is 18.2 Å². The van der Waals surface area contributed by atoms with Crippen molar-refractivity contribution in [3.05, 3.63) is 65.2 Å². The second-order valence-corrected chi connectivity index (χ2v) is 9.22. The number of sulfonamides is 1. The van der Waals surface area contributed by atoms with Gasteiger partial charge in [0.1, 0.15) is 0 Å². The van der Waals surface area contributed by atoms with Gasteiger partial charge < -0.3 is 9.64 Å². The molecule has 1 aliphatic rings. The number of piperazine rings is 1. The number of nitrogens with zero attached hydrogens (tertiary/aromatic N) is 2. The smallest absolute Gasteiger partial charge is 0.339 e. The molecule has 0 aromatic heterocycles. The average molecular weight is 446 g/mol. The lowest BCUT2D eigenvalue weighted by molar-refractivity contribution is -0.141. The van der Waals surface area contributed by atoms with E-state index in [2.05, 4.69) is 17.0 Å². The largest absolute Gasteiger partial charge is 0.449 e. The highest BCUT2D eigenvalue weighted by Gasteiger charge is 2.28. The van der Waals surface area contributed by atoms with Crippen LogP contribution in [-0.4, -0.2) is 62.4 Å². The Kier molecular flexibility index (Phi) is 7.09.